The molecule has 7 nitrogen and oxygen atoms in total. The number of carboxylic acid groups (broad SMARTS) is 1. The minimum absolute atomic E-state index is 0.00412. The smallest absolute Gasteiger partial charge is 0.337 e. The molecule has 0 fully saturated rings. The zero-order valence-electron chi connectivity index (χ0n) is 11.2. The van der Waals surface area contributed by atoms with E-state index in [1.165, 1.54) is 12.3 Å². The summed E-state index contributed by atoms with van der Waals surface area (Å²) >= 11 is 0. The molecule has 19 heavy (non-hydrogen) atoms. The Balaban J connectivity index is 2.88. The number of nitrogens with one attached hydrogen (secondary N) is 1. The van der Waals surface area contributed by atoms with Gasteiger partial charge in [-0.25, -0.2) is 9.78 Å². The molecule has 0 radical (unpaired) electrons. The Hall–Kier alpha value is -2.31. The highest BCUT2D eigenvalue weighted by Crippen LogP contribution is 2.18. The lowest BCUT2D eigenvalue weighted by molar-refractivity contribution is -0.123. The number of amides is 1. The number of aromatic carboxylic acids is 1. The quantitative estimate of drug-likeness (QED) is 0.701. The van der Waals surface area contributed by atoms with Crippen molar-refractivity contribution < 1.29 is 14.7 Å². The van der Waals surface area contributed by atoms with Crippen molar-refractivity contribution in [1.29, 1.82) is 0 Å². The van der Waals surface area contributed by atoms with Gasteiger partial charge in [-0.15, -0.1) is 0 Å². The van der Waals surface area contributed by atoms with E-state index in [0.29, 0.717) is 12.4 Å². The summed E-state index contributed by atoms with van der Waals surface area (Å²) in [5, 5.41) is 11.5. The number of nitrogens with zero attached hydrogens (tertiary/aromatic N) is 2. The van der Waals surface area contributed by atoms with Crippen LogP contribution in [0.4, 0.5) is 11.5 Å². The summed E-state index contributed by atoms with van der Waals surface area (Å²) in [4.78, 5) is 28.2. The lowest BCUT2D eigenvalue weighted by atomic mass is 10.1. The van der Waals surface area contributed by atoms with Crippen LogP contribution in [0.25, 0.3) is 0 Å². The lowest BCUT2D eigenvalue weighted by Crippen LogP contribution is -2.34. The first-order chi connectivity index (χ1) is 8.86. The van der Waals surface area contributed by atoms with E-state index in [1.54, 1.807) is 25.9 Å². The molecule has 1 atom stereocenters. The van der Waals surface area contributed by atoms with Crippen molar-refractivity contribution in [1.82, 2.24) is 10.3 Å². The second-order valence-electron chi connectivity index (χ2n) is 4.33. The third kappa shape index (κ3) is 3.57. The first kappa shape index (κ1) is 14.7. The maximum Gasteiger partial charge on any atom is 0.337 e. The van der Waals surface area contributed by atoms with Gasteiger partial charge in [0.05, 0.1) is 23.4 Å². The Labute approximate surface area is 111 Å². The highest BCUT2D eigenvalue weighted by molar-refractivity contribution is 5.94. The largest absolute Gasteiger partial charge is 0.478 e. The van der Waals surface area contributed by atoms with Gasteiger partial charge < -0.3 is 21.1 Å². The van der Waals surface area contributed by atoms with Crippen LogP contribution in [0.5, 0.6) is 0 Å². The van der Waals surface area contributed by atoms with Crippen LogP contribution in [-0.2, 0) is 4.79 Å². The molecule has 0 aliphatic rings. The number of anilines is 2. The molecule has 0 saturated carbocycles. The number of carbonyl (C=O) groups excluding carboxylic acids is 1. The molecule has 1 unspecified atom stereocenters. The van der Waals surface area contributed by atoms with Crippen molar-refractivity contribution in [2.24, 2.45) is 5.92 Å². The van der Waals surface area contributed by atoms with E-state index in [0.717, 1.165) is 0 Å². The van der Waals surface area contributed by atoms with Gasteiger partial charge in [0.25, 0.3) is 0 Å². The highest BCUT2D eigenvalue weighted by Gasteiger charge is 2.16. The topological polar surface area (TPSA) is 109 Å². The van der Waals surface area contributed by atoms with Crippen molar-refractivity contribution in [3.63, 3.8) is 0 Å². The van der Waals surface area contributed by atoms with Gasteiger partial charge in [-0.1, -0.05) is 6.92 Å². The predicted molar refractivity (Wildman–Crippen MR) is 72.1 cm³/mol. The van der Waals surface area contributed by atoms with Gasteiger partial charge in [0.1, 0.15) is 5.82 Å². The number of carboxylic acids is 1. The second kappa shape index (κ2) is 6.03. The third-order valence-corrected chi connectivity index (χ3v) is 2.78. The van der Waals surface area contributed by atoms with E-state index >= 15 is 0 Å². The van der Waals surface area contributed by atoms with Gasteiger partial charge in [-0.3, -0.25) is 4.79 Å². The average molecular weight is 266 g/mol. The summed E-state index contributed by atoms with van der Waals surface area (Å²) in [7, 11) is 3.31. The molecule has 0 bridgehead atoms. The van der Waals surface area contributed by atoms with Crippen LogP contribution in [0.3, 0.4) is 0 Å². The summed E-state index contributed by atoms with van der Waals surface area (Å²) < 4.78 is 0. The van der Waals surface area contributed by atoms with E-state index in [2.05, 4.69) is 10.3 Å². The number of nitrogen functional groups attached to an aromatic ring is 1. The highest BCUT2D eigenvalue weighted by atomic mass is 16.4. The van der Waals surface area contributed by atoms with Gasteiger partial charge in [-0.2, -0.15) is 0 Å². The Kier molecular flexibility index (Phi) is 4.68. The minimum Gasteiger partial charge on any atom is -0.478 e. The Morgan fingerprint density at radius 1 is 1.58 bits per heavy atom. The average Bonchev–Trinajstić information content (AvgIpc) is 2.37. The molecule has 0 aliphatic carbocycles. The van der Waals surface area contributed by atoms with Crippen LogP contribution in [0.2, 0.25) is 0 Å². The first-order valence-electron chi connectivity index (χ1n) is 5.78. The van der Waals surface area contributed by atoms with Gasteiger partial charge in [-0.05, 0) is 6.07 Å². The van der Waals surface area contributed by atoms with Crippen LogP contribution in [0, 0.1) is 5.92 Å². The van der Waals surface area contributed by atoms with Gasteiger partial charge >= 0.3 is 5.97 Å². The van der Waals surface area contributed by atoms with Crippen LogP contribution in [0.1, 0.15) is 17.3 Å². The molecular formula is C12H18N4O3. The Morgan fingerprint density at radius 3 is 2.74 bits per heavy atom. The van der Waals surface area contributed by atoms with E-state index in [9.17, 15) is 9.59 Å². The number of nitrogens with two attached hydrogens (primary N) is 1. The molecule has 0 saturated heterocycles. The third-order valence-electron chi connectivity index (χ3n) is 2.78. The number of pyridine rings is 1. The van der Waals surface area contributed by atoms with E-state index in [1.807, 2.05) is 0 Å². The number of hydrogen-bond acceptors (Lipinski definition) is 5. The molecule has 1 aromatic rings. The lowest BCUT2D eigenvalue weighted by Gasteiger charge is -2.22. The monoisotopic (exact) mass is 266 g/mol. The molecule has 0 spiro atoms. The maximum atomic E-state index is 11.4. The Bertz CT molecular complexity index is 490. The molecule has 0 aliphatic heterocycles. The van der Waals surface area contributed by atoms with Crippen LogP contribution in [-0.4, -0.2) is 42.6 Å². The minimum atomic E-state index is -1.10. The molecule has 0 aromatic carbocycles. The van der Waals surface area contributed by atoms with Crippen LogP contribution >= 0.6 is 0 Å². The number of hydrogen-bond donors (Lipinski definition) is 3. The Morgan fingerprint density at radius 2 is 2.21 bits per heavy atom. The zero-order chi connectivity index (χ0) is 14.6. The van der Waals surface area contributed by atoms with E-state index in [-0.39, 0.29) is 23.1 Å². The molecule has 1 amide bonds. The summed E-state index contributed by atoms with van der Waals surface area (Å²) in [5.74, 6) is -0.959. The summed E-state index contributed by atoms with van der Waals surface area (Å²) in [6.45, 7) is 2.21. The van der Waals surface area contributed by atoms with Crippen molar-refractivity contribution >= 4 is 23.4 Å². The van der Waals surface area contributed by atoms with Gasteiger partial charge in [0.2, 0.25) is 5.91 Å². The normalized spacial score (nSPS) is 11.7. The summed E-state index contributed by atoms with van der Waals surface area (Å²) in [6, 6.07) is 1.40. The molecule has 7 heteroatoms. The van der Waals surface area contributed by atoms with Crippen LogP contribution < -0.4 is 16.0 Å². The van der Waals surface area contributed by atoms with Crippen molar-refractivity contribution in [2.45, 2.75) is 6.92 Å². The number of aromatic nitrogens is 1. The molecule has 1 aromatic heterocycles. The van der Waals surface area contributed by atoms with Crippen LogP contribution in [0.15, 0.2) is 12.3 Å². The molecular weight excluding hydrogens is 248 g/mol. The molecule has 4 N–H and O–H groups in total. The molecule has 1 rings (SSSR count). The predicted octanol–water partition coefficient (Wildman–Crippen LogP) is 0.180. The zero-order valence-corrected chi connectivity index (χ0v) is 11.2. The van der Waals surface area contributed by atoms with Gasteiger partial charge in [0.15, 0.2) is 0 Å². The number of rotatable bonds is 5. The maximum absolute atomic E-state index is 11.4. The summed E-state index contributed by atoms with van der Waals surface area (Å²) in [5.41, 5.74) is 5.65. The standard InChI is InChI=1S/C12H18N4O3/c1-7(11(17)14-2)6-16(3)10-4-8(12(18)19)9(13)5-15-10/h4-5,7H,6,13H2,1-3H3,(H,14,17)(H,18,19). The van der Waals surface area contributed by atoms with Crippen molar-refractivity contribution in [3.8, 4) is 0 Å². The van der Waals surface area contributed by atoms with Gasteiger partial charge in [0, 0.05) is 20.6 Å². The first-order valence-corrected chi connectivity index (χ1v) is 5.78. The fraction of sp³-hybridized carbons (Fsp3) is 0.417. The summed E-state index contributed by atoms with van der Waals surface area (Å²) in [6.07, 6.45) is 1.31. The van der Waals surface area contributed by atoms with Crippen molar-refractivity contribution in [3.05, 3.63) is 17.8 Å². The number of carbonyl (C=O) groups is 2. The molecule has 1 heterocycles. The van der Waals surface area contributed by atoms with Crippen molar-refractivity contribution in [2.75, 3.05) is 31.3 Å². The van der Waals surface area contributed by atoms with E-state index < -0.39 is 5.97 Å². The van der Waals surface area contributed by atoms with E-state index in [4.69, 9.17) is 10.8 Å². The molecule has 104 valence electrons. The second-order valence-corrected chi connectivity index (χ2v) is 4.33. The fourth-order valence-corrected chi connectivity index (χ4v) is 1.68. The SMILES string of the molecule is CNC(=O)C(C)CN(C)c1cc(C(=O)O)c(N)cn1. The fourth-order valence-electron chi connectivity index (χ4n) is 1.68.